The minimum atomic E-state index is -0.876. The summed E-state index contributed by atoms with van der Waals surface area (Å²) in [4.78, 5) is 50.6. The first kappa shape index (κ1) is 29.8. The Kier molecular flexibility index (Phi) is 7.22. The van der Waals surface area contributed by atoms with Crippen molar-refractivity contribution in [1.82, 2.24) is 0 Å². The van der Waals surface area contributed by atoms with Crippen LogP contribution in [0, 0.1) is 75.4 Å². The maximum Gasteiger partial charge on any atom is 0.333 e. The molecule has 2 N–H and O–H groups in total. The molecule has 6 aliphatic rings. The van der Waals surface area contributed by atoms with Crippen LogP contribution in [-0.2, 0) is 28.7 Å². The number of carbonyl (C=O) groups is 4. The minimum absolute atomic E-state index is 0.00524. The Morgan fingerprint density at radius 2 is 1.64 bits per heavy atom. The maximum atomic E-state index is 13.1. The molecule has 6 aliphatic carbocycles. The summed E-state index contributed by atoms with van der Waals surface area (Å²) in [7, 11) is 0. The van der Waals surface area contributed by atoms with Gasteiger partial charge in [-0.05, 0) is 132 Å². The number of aliphatic hydroxyl groups excluding tert-OH is 1. The van der Waals surface area contributed by atoms with Crippen LogP contribution in [0.25, 0.3) is 0 Å². The summed E-state index contributed by atoms with van der Waals surface area (Å²) in [5, 5.41) is 21.0. The van der Waals surface area contributed by atoms with Gasteiger partial charge in [0, 0.05) is 16.9 Å². The summed E-state index contributed by atoms with van der Waals surface area (Å²) < 4.78 is 11.9. The third kappa shape index (κ3) is 4.48. The molecule has 8 heteroatoms. The zero-order valence-electron chi connectivity index (χ0n) is 25.6. The fourth-order valence-electron chi connectivity index (χ4n) is 11.3. The van der Waals surface area contributed by atoms with Gasteiger partial charge >= 0.3 is 17.9 Å². The number of carboxylic acids is 1. The molecule has 0 aromatic heterocycles. The van der Waals surface area contributed by atoms with E-state index in [1.54, 1.807) is 6.92 Å². The second-order valence-electron chi connectivity index (χ2n) is 16.2. The lowest BCUT2D eigenvalue weighted by Gasteiger charge is -2.45. The molecule has 6 rings (SSSR count). The number of aliphatic hydroxyl groups is 1. The molecule has 6 fully saturated rings. The second-order valence-corrected chi connectivity index (χ2v) is 16.2. The molecule has 0 aromatic carbocycles. The van der Waals surface area contributed by atoms with Gasteiger partial charge in [-0.2, -0.15) is 0 Å². The number of ether oxygens (including phenoxy) is 2. The monoisotopic (exact) mass is 584 g/mol. The average molecular weight is 585 g/mol. The lowest BCUT2D eigenvalue weighted by molar-refractivity contribution is -0.164. The molecular formula is C34H48O8. The van der Waals surface area contributed by atoms with E-state index in [-0.39, 0.29) is 54.2 Å². The SMILES string of the molecule is C=C(C)C(=O)OC1C(CC2(C(=O)O)CC3CC2CC3COC(=O)C(C)(C)C)C2CC1C1C3CC(CC(C=O)(CO)C3)C21. The van der Waals surface area contributed by atoms with Crippen LogP contribution in [0.1, 0.15) is 79.1 Å². The van der Waals surface area contributed by atoms with Gasteiger partial charge in [0.1, 0.15) is 12.4 Å². The van der Waals surface area contributed by atoms with E-state index in [1.165, 1.54) is 0 Å². The van der Waals surface area contributed by atoms with Crippen LogP contribution in [0.3, 0.4) is 0 Å². The molecule has 0 aromatic rings. The quantitative estimate of drug-likeness (QED) is 0.173. The summed E-state index contributed by atoms with van der Waals surface area (Å²) in [6, 6.07) is 0. The van der Waals surface area contributed by atoms with E-state index in [9.17, 15) is 29.4 Å². The fourth-order valence-corrected chi connectivity index (χ4v) is 11.3. The van der Waals surface area contributed by atoms with Gasteiger partial charge in [0.2, 0.25) is 0 Å². The van der Waals surface area contributed by atoms with Crippen molar-refractivity contribution in [3.8, 4) is 0 Å². The molecule has 13 atom stereocenters. The van der Waals surface area contributed by atoms with Crippen LogP contribution in [0.2, 0.25) is 0 Å². The van der Waals surface area contributed by atoms with Crippen molar-refractivity contribution in [2.45, 2.75) is 85.2 Å². The summed E-state index contributed by atoms with van der Waals surface area (Å²) in [5.41, 5.74) is -1.79. The first-order chi connectivity index (χ1) is 19.7. The summed E-state index contributed by atoms with van der Waals surface area (Å²) in [6.45, 7) is 11.2. The van der Waals surface area contributed by atoms with Gasteiger partial charge in [-0.15, -0.1) is 0 Å². The Morgan fingerprint density at radius 1 is 0.976 bits per heavy atom. The van der Waals surface area contributed by atoms with Gasteiger partial charge in [0.25, 0.3) is 0 Å². The molecule has 0 amide bonds. The third-order valence-corrected chi connectivity index (χ3v) is 12.9. The molecule has 0 saturated heterocycles. The number of hydrogen-bond acceptors (Lipinski definition) is 7. The molecule has 232 valence electrons. The van der Waals surface area contributed by atoms with Gasteiger partial charge in [-0.3, -0.25) is 9.59 Å². The van der Waals surface area contributed by atoms with Crippen LogP contribution < -0.4 is 0 Å². The summed E-state index contributed by atoms with van der Waals surface area (Å²) in [5.74, 6) is 0.723. The van der Waals surface area contributed by atoms with Crippen molar-refractivity contribution in [2.75, 3.05) is 13.2 Å². The highest BCUT2D eigenvalue weighted by atomic mass is 16.5. The Labute approximate surface area is 249 Å². The smallest absolute Gasteiger partial charge is 0.333 e. The van der Waals surface area contributed by atoms with Crippen molar-refractivity contribution >= 4 is 24.2 Å². The summed E-state index contributed by atoms with van der Waals surface area (Å²) >= 11 is 0. The van der Waals surface area contributed by atoms with E-state index < -0.39 is 28.2 Å². The van der Waals surface area contributed by atoms with E-state index in [2.05, 4.69) is 6.58 Å². The average Bonchev–Trinajstić information content (AvgIpc) is 3.73. The van der Waals surface area contributed by atoms with Crippen LogP contribution in [0.4, 0.5) is 0 Å². The molecule has 42 heavy (non-hydrogen) atoms. The highest BCUT2D eigenvalue weighted by Gasteiger charge is 2.70. The Hall–Kier alpha value is -2.22. The molecule has 13 unspecified atom stereocenters. The van der Waals surface area contributed by atoms with E-state index in [0.29, 0.717) is 61.5 Å². The topological polar surface area (TPSA) is 127 Å². The maximum absolute atomic E-state index is 13.1. The molecule has 0 aliphatic heterocycles. The molecule has 0 radical (unpaired) electrons. The van der Waals surface area contributed by atoms with Gasteiger partial charge in [-0.25, -0.2) is 4.79 Å². The molecule has 6 bridgehead atoms. The van der Waals surface area contributed by atoms with Crippen molar-refractivity contribution in [2.24, 2.45) is 75.4 Å². The molecule has 0 spiro atoms. The Bertz CT molecular complexity index is 1170. The van der Waals surface area contributed by atoms with Crippen LogP contribution in [0.15, 0.2) is 12.2 Å². The third-order valence-electron chi connectivity index (χ3n) is 12.9. The zero-order valence-corrected chi connectivity index (χ0v) is 25.6. The minimum Gasteiger partial charge on any atom is -0.481 e. The lowest BCUT2D eigenvalue weighted by atomic mass is 9.61. The molecule has 6 saturated carbocycles. The normalized spacial score (nSPS) is 46.4. The Morgan fingerprint density at radius 3 is 2.17 bits per heavy atom. The van der Waals surface area contributed by atoms with Crippen LogP contribution in [0.5, 0.6) is 0 Å². The van der Waals surface area contributed by atoms with Crippen molar-refractivity contribution in [3.05, 3.63) is 12.2 Å². The number of esters is 2. The van der Waals surface area contributed by atoms with Gasteiger partial charge in [0.15, 0.2) is 0 Å². The first-order valence-corrected chi connectivity index (χ1v) is 16.1. The fraction of sp³-hybridized carbons (Fsp3) is 0.824. The first-order valence-electron chi connectivity index (χ1n) is 16.1. The zero-order chi connectivity index (χ0) is 30.4. The second kappa shape index (κ2) is 10.2. The van der Waals surface area contributed by atoms with Gasteiger partial charge in [0.05, 0.1) is 24.0 Å². The largest absolute Gasteiger partial charge is 0.481 e. The van der Waals surface area contributed by atoms with E-state index in [1.807, 2.05) is 20.8 Å². The highest BCUT2D eigenvalue weighted by molar-refractivity contribution is 5.87. The van der Waals surface area contributed by atoms with Crippen molar-refractivity contribution in [1.29, 1.82) is 0 Å². The van der Waals surface area contributed by atoms with Crippen LogP contribution >= 0.6 is 0 Å². The number of rotatable bonds is 9. The van der Waals surface area contributed by atoms with E-state index in [4.69, 9.17) is 9.47 Å². The highest BCUT2D eigenvalue weighted by Crippen LogP contribution is 2.72. The number of fused-ring (bicyclic) bond motifs is 11. The number of carbonyl (C=O) groups excluding carboxylic acids is 3. The number of hydrogen-bond donors (Lipinski definition) is 2. The number of aldehydes is 1. The van der Waals surface area contributed by atoms with Crippen molar-refractivity contribution < 1.29 is 38.9 Å². The predicted octanol–water partition coefficient (Wildman–Crippen LogP) is 4.68. The molecule has 0 heterocycles. The number of carboxylic acid groups (broad SMARTS) is 1. The predicted molar refractivity (Wildman–Crippen MR) is 153 cm³/mol. The van der Waals surface area contributed by atoms with E-state index in [0.717, 1.165) is 32.0 Å². The van der Waals surface area contributed by atoms with Crippen LogP contribution in [-0.4, -0.2) is 53.7 Å². The summed E-state index contributed by atoms with van der Waals surface area (Å²) in [6.07, 6.45) is 6.60. The Balaban J connectivity index is 1.24. The van der Waals surface area contributed by atoms with Crippen molar-refractivity contribution in [3.63, 3.8) is 0 Å². The lowest BCUT2D eigenvalue weighted by Crippen LogP contribution is -2.47. The van der Waals surface area contributed by atoms with E-state index >= 15 is 0 Å². The molecular weight excluding hydrogens is 536 g/mol. The van der Waals surface area contributed by atoms with Gasteiger partial charge < -0.3 is 24.5 Å². The molecule has 8 nitrogen and oxygen atoms in total. The number of aliphatic carboxylic acids is 1. The van der Waals surface area contributed by atoms with Gasteiger partial charge in [-0.1, -0.05) is 6.58 Å². The standard InChI is InChI=1S/C34H48O8/c1-17(2)29(37)42-28-24-9-23(26-19-6-20(27(24)26)11-33(10-19,15-35)16-36)25(28)13-34(30(38)39)12-18-7-22(34)8-21(18)14-41-31(40)32(3,4)5/h15,18-28,36H,1,6-14,16H2,2-5H3,(H,38,39).